The fourth-order valence-electron chi connectivity index (χ4n) is 1.35. The Morgan fingerprint density at radius 3 is 2.50 bits per heavy atom. The molecule has 0 saturated carbocycles. The first kappa shape index (κ1) is 13.0. The molecule has 0 radical (unpaired) electrons. The van der Waals surface area contributed by atoms with Gasteiger partial charge in [0.25, 0.3) is 0 Å². The molecular formula is C11H16FNO2S. The maximum Gasteiger partial charge on any atom is 0.178 e. The number of anilines is 1. The van der Waals surface area contributed by atoms with Crippen molar-refractivity contribution in [2.75, 3.05) is 11.5 Å². The number of hydrogen-bond donors (Lipinski definition) is 1. The highest BCUT2D eigenvalue weighted by molar-refractivity contribution is 7.91. The Morgan fingerprint density at radius 2 is 2.00 bits per heavy atom. The molecule has 3 nitrogen and oxygen atoms in total. The highest BCUT2D eigenvalue weighted by atomic mass is 32.2. The smallest absolute Gasteiger partial charge is 0.178 e. The van der Waals surface area contributed by atoms with E-state index in [0.717, 1.165) is 18.6 Å². The summed E-state index contributed by atoms with van der Waals surface area (Å²) in [7, 11) is -3.44. The molecule has 5 heteroatoms. The molecule has 2 N–H and O–H groups in total. The monoisotopic (exact) mass is 245 g/mol. The second-order valence-corrected chi connectivity index (χ2v) is 6.05. The van der Waals surface area contributed by atoms with Crippen LogP contribution >= 0.6 is 0 Å². The largest absolute Gasteiger partial charge is 0.399 e. The van der Waals surface area contributed by atoms with E-state index in [1.807, 2.05) is 13.8 Å². The summed E-state index contributed by atoms with van der Waals surface area (Å²) in [5, 5.41) is 0. The third kappa shape index (κ3) is 3.20. The zero-order valence-electron chi connectivity index (χ0n) is 9.40. The molecule has 0 aliphatic carbocycles. The van der Waals surface area contributed by atoms with Crippen LogP contribution in [0.5, 0.6) is 0 Å². The van der Waals surface area contributed by atoms with Gasteiger partial charge < -0.3 is 5.73 Å². The SMILES string of the molecule is CCC(C)CS(=O)(=O)c1cc(N)cc(F)c1. The van der Waals surface area contributed by atoms with Gasteiger partial charge in [-0.15, -0.1) is 0 Å². The minimum absolute atomic E-state index is 0.0202. The topological polar surface area (TPSA) is 60.2 Å². The molecular weight excluding hydrogens is 229 g/mol. The molecule has 90 valence electrons. The molecule has 1 unspecified atom stereocenters. The Morgan fingerprint density at radius 1 is 1.38 bits per heavy atom. The molecule has 0 aliphatic rings. The van der Waals surface area contributed by atoms with Crippen molar-refractivity contribution in [1.29, 1.82) is 0 Å². The van der Waals surface area contributed by atoms with Gasteiger partial charge in [0.1, 0.15) is 5.82 Å². The third-order valence-electron chi connectivity index (χ3n) is 2.45. The van der Waals surface area contributed by atoms with Crippen molar-refractivity contribution in [2.45, 2.75) is 25.2 Å². The summed E-state index contributed by atoms with van der Waals surface area (Å²) in [5.41, 5.74) is 5.54. The Hall–Kier alpha value is -1.10. The Labute approximate surface area is 95.4 Å². The van der Waals surface area contributed by atoms with Crippen LogP contribution in [0.1, 0.15) is 20.3 Å². The van der Waals surface area contributed by atoms with Crippen molar-refractivity contribution < 1.29 is 12.8 Å². The predicted molar refractivity (Wildman–Crippen MR) is 62.3 cm³/mol. The average Bonchev–Trinajstić information content (AvgIpc) is 2.15. The fraction of sp³-hybridized carbons (Fsp3) is 0.455. The molecule has 0 aromatic heterocycles. The number of nitrogens with two attached hydrogens (primary N) is 1. The van der Waals surface area contributed by atoms with Crippen LogP contribution < -0.4 is 5.73 Å². The molecule has 0 bridgehead atoms. The summed E-state index contributed by atoms with van der Waals surface area (Å²) in [6, 6.07) is 3.40. The number of sulfone groups is 1. The van der Waals surface area contributed by atoms with E-state index in [4.69, 9.17) is 5.73 Å². The lowest BCUT2D eigenvalue weighted by atomic mass is 10.2. The molecule has 16 heavy (non-hydrogen) atoms. The minimum Gasteiger partial charge on any atom is -0.399 e. The van der Waals surface area contributed by atoms with Crippen LogP contribution in [-0.4, -0.2) is 14.2 Å². The van der Waals surface area contributed by atoms with E-state index in [-0.39, 0.29) is 22.3 Å². The van der Waals surface area contributed by atoms with Gasteiger partial charge >= 0.3 is 0 Å². The maximum absolute atomic E-state index is 13.0. The van der Waals surface area contributed by atoms with E-state index >= 15 is 0 Å². The quantitative estimate of drug-likeness (QED) is 0.827. The standard InChI is InChI=1S/C11H16FNO2S/c1-3-8(2)7-16(14,15)11-5-9(12)4-10(13)6-11/h4-6,8H,3,7,13H2,1-2H3. The van der Waals surface area contributed by atoms with E-state index in [1.54, 1.807) is 0 Å². The zero-order valence-corrected chi connectivity index (χ0v) is 10.2. The van der Waals surface area contributed by atoms with E-state index in [9.17, 15) is 12.8 Å². The maximum atomic E-state index is 13.0. The lowest BCUT2D eigenvalue weighted by molar-refractivity contribution is 0.562. The first-order valence-electron chi connectivity index (χ1n) is 5.14. The molecule has 0 aliphatic heterocycles. The number of rotatable bonds is 4. The van der Waals surface area contributed by atoms with E-state index in [2.05, 4.69) is 0 Å². The van der Waals surface area contributed by atoms with Gasteiger partial charge in [0.2, 0.25) is 0 Å². The predicted octanol–water partition coefficient (Wildman–Crippen LogP) is 2.23. The van der Waals surface area contributed by atoms with Gasteiger partial charge in [-0.2, -0.15) is 0 Å². The summed E-state index contributed by atoms with van der Waals surface area (Å²) >= 11 is 0. The first-order valence-corrected chi connectivity index (χ1v) is 6.79. The molecule has 0 amide bonds. The molecule has 0 saturated heterocycles. The van der Waals surface area contributed by atoms with Crippen LogP contribution in [0.4, 0.5) is 10.1 Å². The number of hydrogen-bond acceptors (Lipinski definition) is 3. The van der Waals surface area contributed by atoms with Crippen LogP contribution in [-0.2, 0) is 9.84 Å². The van der Waals surface area contributed by atoms with E-state index in [0.29, 0.717) is 0 Å². The first-order chi connectivity index (χ1) is 7.35. The van der Waals surface area contributed by atoms with Crippen molar-refractivity contribution in [3.8, 4) is 0 Å². The van der Waals surface area contributed by atoms with Gasteiger partial charge in [-0.25, -0.2) is 12.8 Å². The second kappa shape index (κ2) is 4.82. The van der Waals surface area contributed by atoms with Crippen LogP contribution in [0, 0.1) is 11.7 Å². The lowest BCUT2D eigenvalue weighted by Crippen LogP contribution is -2.14. The number of halogens is 1. The highest BCUT2D eigenvalue weighted by Gasteiger charge is 2.18. The molecule has 1 aromatic rings. The van der Waals surface area contributed by atoms with Gasteiger partial charge in [-0.05, 0) is 24.1 Å². The van der Waals surface area contributed by atoms with Crippen molar-refractivity contribution in [3.05, 3.63) is 24.0 Å². The van der Waals surface area contributed by atoms with Gasteiger partial charge in [0.15, 0.2) is 9.84 Å². The van der Waals surface area contributed by atoms with Crippen LogP contribution in [0.2, 0.25) is 0 Å². The summed E-state index contributed by atoms with van der Waals surface area (Å²) in [6.45, 7) is 3.76. The summed E-state index contributed by atoms with van der Waals surface area (Å²) < 4.78 is 36.8. The van der Waals surface area contributed by atoms with Crippen LogP contribution in [0.25, 0.3) is 0 Å². The summed E-state index contributed by atoms with van der Waals surface area (Å²) in [4.78, 5) is -0.0368. The van der Waals surface area contributed by atoms with Crippen molar-refractivity contribution in [2.24, 2.45) is 5.92 Å². The van der Waals surface area contributed by atoms with Crippen LogP contribution in [0.15, 0.2) is 23.1 Å². The average molecular weight is 245 g/mol. The van der Waals surface area contributed by atoms with E-state index < -0.39 is 15.7 Å². The van der Waals surface area contributed by atoms with Crippen molar-refractivity contribution in [1.82, 2.24) is 0 Å². The Balaban J connectivity index is 3.07. The highest BCUT2D eigenvalue weighted by Crippen LogP contribution is 2.19. The number of benzene rings is 1. The summed E-state index contributed by atoms with van der Waals surface area (Å²) in [6.07, 6.45) is 0.768. The van der Waals surface area contributed by atoms with Crippen molar-refractivity contribution >= 4 is 15.5 Å². The third-order valence-corrected chi connectivity index (χ3v) is 4.42. The van der Waals surface area contributed by atoms with Crippen LogP contribution in [0.3, 0.4) is 0 Å². The normalized spacial score (nSPS) is 13.7. The Bertz CT molecular complexity index is 451. The van der Waals surface area contributed by atoms with Gasteiger partial charge in [0.05, 0.1) is 10.6 Å². The fourth-order valence-corrected chi connectivity index (χ4v) is 3.14. The minimum atomic E-state index is -3.44. The molecule has 1 aromatic carbocycles. The lowest BCUT2D eigenvalue weighted by Gasteiger charge is -2.10. The second-order valence-electron chi connectivity index (χ2n) is 4.02. The molecule has 0 fully saturated rings. The van der Waals surface area contributed by atoms with Gasteiger partial charge in [-0.3, -0.25) is 0 Å². The molecule has 1 atom stereocenters. The van der Waals surface area contributed by atoms with E-state index in [1.165, 1.54) is 6.07 Å². The van der Waals surface area contributed by atoms with Gasteiger partial charge in [0, 0.05) is 5.69 Å². The molecule has 0 heterocycles. The zero-order chi connectivity index (χ0) is 12.3. The van der Waals surface area contributed by atoms with Gasteiger partial charge in [-0.1, -0.05) is 20.3 Å². The Kier molecular flexibility index (Phi) is 3.91. The van der Waals surface area contributed by atoms with Crippen molar-refractivity contribution in [3.63, 3.8) is 0 Å². The molecule has 1 rings (SSSR count). The summed E-state index contributed by atoms with van der Waals surface area (Å²) in [5.74, 6) is -0.552. The molecule has 0 spiro atoms. The number of nitrogen functional groups attached to an aromatic ring is 1.